The van der Waals surface area contributed by atoms with Crippen LogP contribution in [0.5, 0.6) is 11.5 Å². The Kier molecular flexibility index (Phi) is 6.28. The van der Waals surface area contributed by atoms with Crippen molar-refractivity contribution in [1.29, 1.82) is 0 Å². The highest BCUT2D eigenvalue weighted by Crippen LogP contribution is 2.33. The molecule has 1 aromatic heterocycles. The van der Waals surface area contributed by atoms with Crippen LogP contribution in [0.4, 0.5) is 4.39 Å². The minimum atomic E-state index is -0.306. The van der Waals surface area contributed by atoms with Crippen LogP contribution in [-0.4, -0.2) is 49.7 Å². The highest BCUT2D eigenvalue weighted by Gasteiger charge is 2.25. The number of carbonyl (C=O) groups excluding carboxylic acids is 1. The Hall–Kier alpha value is -2.93. The molecule has 0 radical (unpaired) electrons. The Balaban J connectivity index is 1.24. The van der Waals surface area contributed by atoms with Gasteiger partial charge in [-0.3, -0.25) is 4.79 Å². The van der Waals surface area contributed by atoms with E-state index in [0.717, 1.165) is 56.3 Å². The van der Waals surface area contributed by atoms with Gasteiger partial charge in [-0.05, 0) is 62.7 Å². The lowest BCUT2D eigenvalue weighted by atomic mass is 9.91. The Morgan fingerprint density at radius 1 is 1.20 bits per heavy atom. The molecule has 0 saturated carbocycles. The maximum absolute atomic E-state index is 13.3. The van der Waals surface area contributed by atoms with Crippen molar-refractivity contribution in [2.75, 3.05) is 33.4 Å². The first-order valence-corrected chi connectivity index (χ1v) is 10.2. The summed E-state index contributed by atoms with van der Waals surface area (Å²) in [6, 6.07) is 9.77. The maximum atomic E-state index is 13.3. The Morgan fingerprint density at radius 2 is 2.03 bits per heavy atom. The summed E-state index contributed by atoms with van der Waals surface area (Å²) in [5.74, 6) is 1.25. The number of hydrogen-bond acceptors (Lipinski definition) is 6. The first-order valence-electron chi connectivity index (χ1n) is 10.2. The molecule has 1 fully saturated rings. The van der Waals surface area contributed by atoms with E-state index in [1.165, 1.54) is 12.1 Å². The zero-order valence-corrected chi connectivity index (χ0v) is 17.0. The quantitative estimate of drug-likeness (QED) is 0.403. The summed E-state index contributed by atoms with van der Waals surface area (Å²) in [7, 11) is 1.56. The molecule has 30 heavy (non-hydrogen) atoms. The average Bonchev–Trinajstić information content (AvgIpc) is 3.20. The normalized spacial score (nSPS) is 15.4. The minimum Gasteiger partial charge on any atom is -0.493 e. The third-order valence-corrected chi connectivity index (χ3v) is 5.64. The topological polar surface area (TPSA) is 64.8 Å². The number of carbonyl (C=O) groups is 1. The van der Waals surface area contributed by atoms with Crippen molar-refractivity contribution >= 4 is 17.3 Å². The number of ether oxygens (including phenoxy) is 2. The third kappa shape index (κ3) is 4.46. The van der Waals surface area contributed by atoms with Crippen LogP contribution in [0.3, 0.4) is 0 Å². The van der Waals surface area contributed by atoms with Gasteiger partial charge in [0.25, 0.3) is 0 Å². The second-order valence-corrected chi connectivity index (χ2v) is 7.55. The van der Waals surface area contributed by atoms with Crippen molar-refractivity contribution in [2.24, 2.45) is 0 Å². The van der Waals surface area contributed by atoms with E-state index in [-0.39, 0.29) is 5.82 Å². The van der Waals surface area contributed by atoms with Crippen molar-refractivity contribution in [3.05, 3.63) is 53.5 Å². The van der Waals surface area contributed by atoms with Gasteiger partial charge in [0, 0.05) is 29.5 Å². The third-order valence-electron chi connectivity index (χ3n) is 5.64. The van der Waals surface area contributed by atoms with Gasteiger partial charge in [0.1, 0.15) is 12.1 Å². The van der Waals surface area contributed by atoms with Crippen molar-refractivity contribution < 1.29 is 23.2 Å². The van der Waals surface area contributed by atoms with Crippen LogP contribution in [0.15, 0.2) is 40.9 Å². The number of aromatic nitrogens is 1. The molecule has 0 spiro atoms. The number of piperidine rings is 1. The molecule has 0 aliphatic carbocycles. The molecule has 1 saturated heterocycles. The predicted molar refractivity (Wildman–Crippen MR) is 111 cm³/mol. The van der Waals surface area contributed by atoms with E-state index in [4.69, 9.17) is 14.0 Å². The van der Waals surface area contributed by atoms with Crippen LogP contribution >= 0.6 is 0 Å². The van der Waals surface area contributed by atoms with Gasteiger partial charge < -0.3 is 18.9 Å². The van der Waals surface area contributed by atoms with Gasteiger partial charge in [-0.15, -0.1) is 0 Å². The summed E-state index contributed by atoms with van der Waals surface area (Å²) in [6.07, 6.45) is 3.69. The molecule has 6 nitrogen and oxygen atoms in total. The molecule has 0 amide bonds. The molecule has 0 unspecified atom stereocenters. The van der Waals surface area contributed by atoms with E-state index in [0.29, 0.717) is 35.2 Å². The molecular formula is C23H25FN2O4. The first-order chi connectivity index (χ1) is 14.7. The molecule has 1 aliphatic heterocycles. The summed E-state index contributed by atoms with van der Waals surface area (Å²) >= 11 is 0. The molecule has 4 rings (SSSR count). The van der Waals surface area contributed by atoms with Gasteiger partial charge in [-0.1, -0.05) is 5.16 Å². The highest BCUT2D eigenvalue weighted by atomic mass is 19.1. The van der Waals surface area contributed by atoms with Crippen LogP contribution in [0, 0.1) is 5.82 Å². The molecule has 2 aromatic carbocycles. The van der Waals surface area contributed by atoms with Gasteiger partial charge in [0.05, 0.1) is 19.4 Å². The molecule has 3 aromatic rings. The monoisotopic (exact) mass is 412 g/mol. The van der Waals surface area contributed by atoms with Crippen LogP contribution in [0.2, 0.25) is 0 Å². The van der Waals surface area contributed by atoms with E-state index in [9.17, 15) is 9.18 Å². The Bertz CT molecular complexity index is 1010. The highest BCUT2D eigenvalue weighted by molar-refractivity contribution is 5.80. The fraction of sp³-hybridized carbons (Fsp3) is 0.391. The fourth-order valence-electron chi connectivity index (χ4n) is 4.00. The molecule has 7 heteroatoms. The van der Waals surface area contributed by atoms with Crippen molar-refractivity contribution in [3.8, 4) is 11.5 Å². The number of methoxy groups -OCH3 is 1. The van der Waals surface area contributed by atoms with Crippen LogP contribution in [0.25, 0.3) is 11.0 Å². The average molecular weight is 412 g/mol. The molecule has 0 bridgehead atoms. The molecule has 2 heterocycles. The van der Waals surface area contributed by atoms with Gasteiger partial charge in [0.15, 0.2) is 17.1 Å². The lowest BCUT2D eigenvalue weighted by Gasteiger charge is -2.31. The number of nitrogens with zero attached hydrogens (tertiary/aromatic N) is 2. The number of rotatable bonds is 8. The number of fused-ring (bicyclic) bond motifs is 1. The molecule has 0 N–H and O–H groups in total. The molecule has 0 atom stereocenters. The fourth-order valence-corrected chi connectivity index (χ4v) is 4.00. The van der Waals surface area contributed by atoms with Crippen LogP contribution < -0.4 is 9.47 Å². The van der Waals surface area contributed by atoms with Gasteiger partial charge >= 0.3 is 0 Å². The second-order valence-electron chi connectivity index (χ2n) is 7.55. The maximum Gasteiger partial charge on any atom is 0.170 e. The van der Waals surface area contributed by atoms with Crippen LogP contribution in [-0.2, 0) is 0 Å². The number of benzene rings is 2. The standard InChI is InChI=1S/C23H25FN2O4/c1-28-22-13-16(15-27)3-6-20(22)29-12-2-9-26-10-7-17(8-11-26)23-19-5-4-18(24)14-21(19)30-25-23/h3-6,13-15,17H,2,7-12H2,1H3. The zero-order chi connectivity index (χ0) is 20.9. The van der Waals surface area contributed by atoms with Gasteiger partial charge in [-0.2, -0.15) is 0 Å². The summed E-state index contributed by atoms with van der Waals surface area (Å²) in [4.78, 5) is 13.3. The van der Waals surface area contributed by atoms with Crippen LogP contribution in [0.1, 0.15) is 41.2 Å². The van der Waals surface area contributed by atoms with E-state index in [1.54, 1.807) is 31.4 Å². The summed E-state index contributed by atoms with van der Waals surface area (Å²) in [6.45, 7) is 3.50. The number of halogens is 1. The lowest BCUT2D eigenvalue weighted by molar-refractivity contribution is 0.112. The summed E-state index contributed by atoms with van der Waals surface area (Å²) in [5.41, 5.74) is 2.02. The van der Waals surface area contributed by atoms with Gasteiger partial charge in [-0.25, -0.2) is 4.39 Å². The van der Waals surface area contributed by atoms with Gasteiger partial charge in [0.2, 0.25) is 0 Å². The van der Waals surface area contributed by atoms with Crippen molar-refractivity contribution in [3.63, 3.8) is 0 Å². The van der Waals surface area contributed by atoms with E-state index in [2.05, 4.69) is 10.1 Å². The molecule has 158 valence electrons. The Labute approximate surface area is 174 Å². The largest absolute Gasteiger partial charge is 0.493 e. The summed E-state index contributed by atoms with van der Waals surface area (Å²) in [5, 5.41) is 5.12. The summed E-state index contributed by atoms with van der Waals surface area (Å²) < 4.78 is 29.8. The number of hydrogen-bond donors (Lipinski definition) is 0. The van der Waals surface area contributed by atoms with Crippen molar-refractivity contribution in [2.45, 2.75) is 25.2 Å². The minimum absolute atomic E-state index is 0.306. The SMILES string of the molecule is COc1cc(C=O)ccc1OCCCN1CCC(c2noc3cc(F)ccc23)CC1. The molecule has 1 aliphatic rings. The first kappa shape index (κ1) is 20.3. The zero-order valence-electron chi connectivity index (χ0n) is 17.0. The number of likely N-dealkylation sites (tertiary alicyclic amines) is 1. The predicted octanol–water partition coefficient (Wildman–Crippen LogP) is 4.44. The smallest absolute Gasteiger partial charge is 0.170 e. The second kappa shape index (κ2) is 9.26. The lowest BCUT2D eigenvalue weighted by Crippen LogP contribution is -2.34. The van der Waals surface area contributed by atoms with E-state index in [1.807, 2.05) is 0 Å². The van der Waals surface area contributed by atoms with E-state index >= 15 is 0 Å². The Morgan fingerprint density at radius 3 is 2.80 bits per heavy atom. The number of aldehydes is 1. The van der Waals surface area contributed by atoms with E-state index < -0.39 is 0 Å². The van der Waals surface area contributed by atoms with Crippen molar-refractivity contribution in [1.82, 2.24) is 10.1 Å². The molecular weight excluding hydrogens is 387 g/mol.